The largest absolute Gasteiger partial charge is 0.467 e. The Kier molecular flexibility index (Phi) is 6.40. The van der Waals surface area contributed by atoms with Crippen LogP contribution in [0.1, 0.15) is 18.4 Å². The molecule has 28 heavy (non-hydrogen) atoms. The highest BCUT2D eigenvalue weighted by molar-refractivity contribution is 7.99. The van der Waals surface area contributed by atoms with Crippen LogP contribution in [0.4, 0.5) is 0 Å². The number of thioether (sulfide) groups is 1. The third-order valence-electron chi connectivity index (χ3n) is 4.75. The van der Waals surface area contributed by atoms with Gasteiger partial charge in [0.15, 0.2) is 0 Å². The highest BCUT2D eigenvalue weighted by atomic mass is 35.5. The van der Waals surface area contributed by atoms with Gasteiger partial charge in [-0.2, -0.15) is 0 Å². The molecule has 2 heterocycles. The van der Waals surface area contributed by atoms with Crippen molar-refractivity contribution >= 4 is 50.8 Å². The molecule has 0 aliphatic carbocycles. The molecule has 1 saturated heterocycles. The van der Waals surface area contributed by atoms with Gasteiger partial charge in [-0.3, -0.25) is 4.79 Å². The normalized spacial score (nSPS) is 15.1. The molecule has 1 aliphatic rings. The Labute approximate surface area is 177 Å². The Hall–Kier alpha value is -1.76. The van der Waals surface area contributed by atoms with Crippen molar-refractivity contribution in [3.05, 3.63) is 59.1 Å². The van der Waals surface area contributed by atoms with E-state index in [0.717, 1.165) is 41.9 Å². The zero-order valence-corrected chi connectivity index (χ0v) is 17.7. The number of halogens is 1. The van der Waals surface area contributed by atoms with E-state index in [0.29, 0.717) is 16.0 Å². The molecular weight excluding hydrogens is 412 g/mol. The van der Waals surface area contributed by atoms with Gasteiger partial charge in [0.1, 0.15) is 11.6 Å². The Morgan fingerprint density at radius 2 is 1.96 bits per heavy atom. The zero-order valence-electron chi connectivity index (χ0n) is 15.3. The Balaban J connectivity index is 1.23. The predicted molar refractivity (Wildman–Crippen MR) is 117 cm³/mol. The van der Waals surface area contributed by atoms with E-state index in [-0.39, 0.29) is 12.0 Å². The van der Waals surface area contributed by atoms with E-state index in [2.05, 4.69) is 17.1 Å². The Bertz CT molecular complexity index is 940. The lowest BCUT2D eigenvalue weighted by molar-refractivity contribution is -0.130. The van der Waals surface area contributed by atoms with Gasteiger partial charge in [-0.1, -0.05) is 59.3 Å². The number of piperidine rings is 1. The summed E-state index contributed by atoms with van der Waals surface area (Å²) in [4.78, 5) is 18.9. The summed E-state index contributed by atoms with van der Waals surface area (Å²) in [5.74, 6) is 1.61. The molecule has 0 spiro atoms. The maximum Gasteiger partial charge on any atom is 0.274 e. The molecular formula is C21H21ClN2O2S2. The number of hydrogen-bond acceptors (Lipinski definition) is 5. The fraction of sp³-hybridized carbons (Fsp3) is 0.333. The van der Waals surface area contributed by atoms with Crippen LogP contribution < -0.4 is 4.74 Å². The molecule has 4 rings (SSSR count). The molecule has 0 radical (unpaired) electrons. The average Bonchev–Trinajstić information content (AvgIpc) is 3.13. The second-order valence-electron chi connectivity index (χ2n) is 6.74. The van der Waals surface area contributed by atoms with Crippen LogP contribution in [0.15, 0.2) is 48.5 Å². The number of carbonyl (C=O) groups excluding carboxylic acids is 1. The van der Waals surface area contributed by atoms with Crippen molar-refractivity contribution in [1.82, 2.24) is 9.88 Å². The molecule has 2 aromatic carbocycles. The van der Waals surface area contributed by atoms with Crippen molar-refractivity contribution in [2.24, 2.45) is 0 Å². The van der Waals surface area contributed by atoms with Gasteiger partial charge in [-0.05, 0) is 17.7 Å². The van der Waals surface area contributed by atoms with E-state index in [1.54, 1.807) is 11.8 Å². The van der Waals surface area contributed by atoms with E-state index in [1.807, 2.05) is 41.3 Å². The number of carbonyl (C=O) groups is 1. The Morgan fingerprint density at radius 1 is 1.18 bits per heavy atom. The van der Waals surface area contributed by atoms with E-state index < -0.39 is 0 Å². The molecule has 0 unspecified atom stereocenters. The van der Waals surface area contributed by atoms with Crippen LogP contribution in [-0.2, 0) is 10.5 Å². The highest BCUT2D eigenvalue weighted by Crippen LogP contribution is 2.33. The monoisotopic (exact) mass is 432 g/mol. The molecule has 1 fully saturated rings. The zero-order chi connectivity index (χ0) is 19.3. The van der Waals surface area contributed by atoms with Gasteiger partial charge in [0, 0.05) is 31.7 Å². The van der Waals surface area contributed by atoms with Crippen LogP contribution in [-0.4, -0.2) is 40.7 Å². The van der Waals surface area contributed by atoms with Gasteiger partial charge < -0.3 is 9.64 Å². The molecule has 7 heteroatoms. The van der Waals surface area contributed by atoms with Crippen LogP contribution in [0.2, 0.25) is 5.02 Å². The van der Waals surface area contributed by atoms with Gasteiger partial charge in [0.05, 0.1) is 15.5 Å². The smallest absolute Gasteiger partial charge is 0.274 e. The summed E-state index contributed by atoms with van der Waals surface area (Å²) < 4.78 is 7.10. The van der Waals surface area contributed by atoms with Gasteiger partial charge in [0.25, 0.3) is 5.19 Å². The first kappa shape index (κ1) is 19.6. The molecule has 0 atom stereocenters. The molecule has 1 aliphatic heterocycles. The highest BCUT2D eigenvalue weighted by Gasteiger charge is 2.24. The van der Waals surface area contributed by atoms with Gasteiger partial charge in [-0.25, -0.2) is 4.98 Å². The molecule has 0 N–H and O–H groups in total. The third kappa shape index (κ3) is 4.80. The number of amides is 1. The maximum absolute atomic E-state index is 12.4. The lowest BCUT2D eigenvalue weighted by Gasteiger charge is -2.31. The quantitative estimate of drug-likeness (QED) is 0.533. The second-order valence-corrected chi connectivity index (χ2v) is 9.13. The standard InChI is InChI=1S/C21H21ClN2O2S2/c22-17-7-4-8-18-20(17)23-21(28-18)26-16-9-11-24(12-10-16)19(25)14-27-13-15-5-2-1-3-6-15/h1-8,16H,9-14H2. The number of ether oxygens (including phenoxy) is 1. The van der Waals surface area contributed by atoms with Crippen molar-refractivity contribution in [1.29, 1.82) is 0 Å². The molecule has 0 saturated carbocycles. The summed E-state index contributed by atoms with van der Waals surface area (Å²) in [6.07, 6.45) is 1.76. The Morgan fingerprint density at radius 3 is 2.71 bits per heavy atom. The second kappa shape index (κ2) is 9.16. The molecule has 4 nitrogen and oxygen atoms in total. The lowest BCUT2D eigenvalue weighted by atomic mass is 10.1. The molecule has 1 amide bonds. The number of likely N-dealkylation sites (tertiary alicyclic amines) is 1. The minimum atomic E-state index is 0.0976. The third-order valence-corrected chi connectivity index (χ3v) is 6.95. The first-order valence-corrected chi connectivity index (χ1v) is 11.6. The van der Waals surface area contributed by atoms with Crippen LogP contribution in [0.3, 0.4) is 0 Å². The fourth-order valence-electron chi connectivity index (χ4n) is 3.23. The summed E-state index contributed by atoms with van der Waals surface area (Å²) in [5, 5.41) is 1.31. The minimum absolute atomic E-state index is 0.0976. The summed E-state index contributed by atoms with van der Waals surface area (Å²) in [6.45, 7) is 1.47. The SMILES string of the molecule is O=C(CSCc1ccccc1)N1CCC(Oc2nc3c(Cl)cccc3s2)CC1. The maximum atomic E-state index is 12.4. The van der Waals surface area contributed by atoms with Crippen molar-refractivity contribution in [3.8, 4) is 5.19 Å². The van der Waals surface area contributed by atoms with Gasteiger partial charge in [-0.15, -0.1) is 11.8 Å². The van der Waals surface area contributed by atoms with Gasteiger partial charge in [0.2, 0.25) is 5.91 Å². The summed E-state index contributed by atoms with van der Waals surface area (Å²) >= 11 is 9.38. The van der Waals surface area contributed by atoms with E-state index >= 15 is 0 Å². The van der Waals surface area contributed by atoms with E-state index in [9.17, 15) is 4.79 Å². The van der Waals surface area contributed by atoms with Crippen LogP contribution in [0.25, 0.3) is 10.2 Å². The van der Waals surface area contributed by atoms with Crippen LogP contribution >= 0.6 is 34.7 Å². The molecule has 1 aromatic heterocycles. The van der Waals surface area contributed by atoms with Crippen molar-refractivity contribution in [3.63, 3.8) is 0 Å². The van der Waals surface area contributed by atoms with E-state index in [4.69, 9.17) is 16.3 Å². The van der Waals surface area contributed by atoms with Crippen molar-refractivity contribution < 1.29 is 9.53 Å². The fourth-order valence-corrected chi connectivity index (χ4v) is 5.30. The molecule has 3 aromatic rings. The van der Waals surface area contributed by atoms with Crippen LogP contribution in [0, 0.1) is 0 Å². The van der Waals surface area contributed by atoms with E-state index in [1.165, 1.54) is 16.9 Å². The average molecular weight is 433 g/mol. The predicted octanol–water partition coefficient (Wildman–Crippen LogP) is 5.25. The first-order chi connectivity index (χ1) is 13.7. The number of benzene rings is 2. The number of nitrogens with zero attached hydrogens (tertiary/aromatic N) is 2. The molecule has 146 valence electrons. The number of rotatable bonds is 6. The van der Waals surface area contributed by atoms with Crippen molar-refractivity contribution in [2.45, 2.75) is 24.7 Å². The molecule has 0 bridgehead atoms. The van der Waals surface area contributed by atoms with Crippen LogP contribution in [0.5, 0.6) is 5.19 Å². The minimum Gasteiger partial charge on any atom is -0.467 e. The topological polar surface area (TPSA) is 42.4 Å². The van der Waals surface area contributed by atoms with Crippen molar-refractivity contribution in [2.75, 3.05) is 18.8 Å². The number of hydrogen-bond donors (Lipinski definition) is 0. The number of fused-ring (bicyclic) bond motifs is 1. The number of para-hydroxylation sites is 1. The summed E-state index contributed by atoms with van der Waals surface area (Å²) in [6, 6.07) is 16.0. The number of aromatic nitrogens is 1. The summed E-state index contributed by atoms with van der Waals surface area (Å²) in [7, 11) is 0. The first-order valence-electron chi connectivity index (χ1n) is 9.30. The van der Waals surface area contributed by atoms with Gasteiger partial charge >= 0.3 is 0 Å². The lowest BCUT2D eigenvalue weighted by Crippen LogP contribution is -2.42. The number of thiazole rings is 1. The summed E-state index contributed by atoms with van der Waals surface area (Å²) in [5.41, 5.74) is 2.05.